The summed E-state index contributed by atoms with van der Waals surface area (Å²) in [5, 5.41) is 16.8. The molecule has 0 aliphatic heterocycles. The van der Waals surface area contributed by atoms with Crippen LogP contribution in [-0.4, -0.2) is 51.5 Å². The lowest BCUT2D eigenvalue weighted by Crippen LogP contribution is -2.42. The Morgan fingerprint density at radius 2 is 1.90 bits per heavy atom. The van der Waals surface area contributed by atoms with Crippen LogP contribution >= 0.6 is 22.6 Å². The molecule has 31 heavy (non-hydrogen) atoms. The highest BCUT2D eigenvalue weighted by molar-refractivity contribution is 14.1. The van der Waals surface area contributed by atoms with Gasteiger partial charge in [-0.3, -0.25) is 4.57 Å². The number of ether oxygens (including phenoxy) is 2. The van der Waals surface area contributed by atoms with Gasteiger partial charge in [-0.25, -0.2) is 14.6 Å². The first-order valence-corrected chi connectivity index (χ1v) is 11.3. The molecule has 0 atom stereocenters. The maximum absolute atomic E-state index is 12.0. The minimum absolute atomic E-state index is 0.0491. The second-order valence-corrected chi connectivity index (χ2v) is 9.85. The van der Waals surface area contributed by atoms with E-state index in [1.165, 1.54) is 6.20 Å². The van der Waals surface area contributed by atoms with Crippen molar-refractivity contribution < 1.29 is 24.2 Å². The van der Waals surface area contributed by atoms with Crippen molar-refractivity contribution in [1.29, 1.82) is 0 Å². The average Bonchev–Trinajstić information content (AvgIpc) is 2.98. The number of aromatic carboxylic acids is 1. The number of amides is 1. The molecule has 0 bridgehead atoms. The van der Waals surface area contributed by atoms with Gasteiger partial charge in [-0.2, -0.15) is 0 Å². The third-order valence-electron chi connectivity index (χ3n) is 5.16. The summed E-state index contributed by atoms with van der Waals surface area (Å²) in [4.78, 5) is 28.2. The van der Waals surface area contributed by atoms with Gasteiger partial charge < -0.3 is 25.2 Å². The van der Waals surface area contributed by atoms with Crippen molar-refractivity contribution in [2.45, 2.75) is 70.9 Å². The number of halogens is 1. The number of alkyl carbamates (subject to hydrolysis) is 1. The van der Waals surface area contributed by atoms with E-state index in [2.05, 4.69) is 38.2 Å². The lowest BCUT2D eigenvalue weighted by atomic mass is 9.91. The van der Waals surface area contributed by atoms with E-state index in [-0.39, 0.29) is 17.6 Å². The van der Waals surface area contributed by atoms with Gasteiger partial charge in [0.25, 0.3) is 0 Å². The third-order valence-corrected chi connectivity index (χ3v) is 6.05. The fourth-order valence-electron chi connectivity index (χ4n) is 3.80. The molecule has 2 heterocycles. The van der Waals surface area contributed by atoms with Gasteiger partial charge in [-0.1, -0.05) is 0 Å². The number of carboxylic acids is 1. The van der Waals surface area contributed by atoms with Crippen LogP contribution in [0.2, 0.25) is 0 Å². The standard InChI is InChI=1S/C21H29IN4O5/c1-21(2,3)31-20(29)25-13-7-5-12(6-8-13)24-17-14-9-16(22)26(11-30-4)18(14)23-10-15(17)19(27)28/h9-10,12-13H,5-8,11H2,1-4H3,(H,23,24)(H,25,29)(H,27,28)/t12-,13-. The van der Waals surface area contributed by atoms with Crippen molar-refractivity contribution in [3.63, 3.8) is 0 Å². The molecule has 3 rings (SSSR count). The van der Waals surface area contributed by atoms with Gasteiger partial charge in [0.15, 0.2) is 0 Å². The van der Waals surface area contributed by atoms with Crippen molar-refractivity contribution >= 4 is 51.4 Å². The molecular weight excluding hydrogens is 515 g/mol. The predicted molar refractivity (Wildman–Crippen MR) is 125 cm³/mol. The van der Waals surface area contributed by atoms with Gasteiger partial charge in [0.1, 0.15) is 23.5 Å². The maximum Gasteiger partial charge on any atom is 0.407 e. The smallest absolute Gasteiger partial charge is 0.407 e. The second-order valence-electron chi connectivity index (χ2n) is 8.74. The summed E-state index contributed by atoms with van der Waals surface area (Å²) in [6.07, 6.45) is 4.18. The number of anilines is 1. The van der Waals surface area contributed by atoms with Gasteiger partial charge in [0.2, 0.25) is 0 Å². The molecule has 1 saturated carbocycles. The first-order valence-electron chi connectivity index (χ1n) is 10.2. The number of methoxy groups -OCH3 is 1. The molecule has 9 nitrogen and oxygen atoms in total. The SMILES string of the molecule is COCn1c(I)cc2c(N[C@H]3CC[C@H](NC(=O)OC(C)(C)C)CC3)c(C(=O)O)cnc21. The second kappa shape index (κ2) is 9.60. The molecule has 1 aliphatic rings. The van der Waals surface area contributed by atoms with Crippen LogP contribution in [0.5, 0.6) is 0 Å². The largest absolute Gasteiger partial charge is 0.478 e. The predicted octanol–water partition coefficient (Wildman–Crippen LogP) is 4.19. The highest BCUT2D eigenvalue weighted by Gasteiger charge is 2.27. The Hall–Kier alpha value is -2.08. The average molecular weight is 544 g/mol. The van der Waals surface area contributed by atoms with Crippen LogP contribution in [0.3, 0.4) is 0 Å². The summed E-state index contributed by atoms with van der Waals surface area (Å²) in [6, 6.07) is 2.07. The van der Waals surface area contributed by atoms with Crippen LogP contribution in [0.1, 0.15) is 56.8 Å². The van der Waals surface area contributed by atoms with Gasteiger partial charge in [-0.15, -0.1) is 0 Å². The Morgan fingerprint density at radius 1 is 1.26 bits per heavy atom. The minimum Gasteiger partial charge on any atom is -0.478 e. The van der Waals surface area contributed by atoms with E-state index in [4.69, 9.17) is 9.47 Å². The molecule has 0 aromatic carbocycles. The number of pyridine rings is 1. The van der Waals surface area contributed by atoms with Crippen molar-refractivity contribution in [3.8, 4) is 0 Å². The van der Waals surface area contributed by atoms with Gasteiger partial charge >= 0.3 is 12.1 Å². The van der Waals surface area contributed by atoms with E-state index in [1.807, 2.05) is 31.4 Å². The van der Waals surface area contributed by atoms with Crippen LogP contribution < -0.4 is 10.6 Å². The monoisotopic (exact) mass is 544 g/mol. The number of carboxylic acid groups (broad SMARTS) is 1. The zero-order valence-electron chi connectivity index (χ0n) is 18.2. The molecule has 0 saturated heterocycles. The summed E-state index contributed by atoms with van der Waals surface area (Å²) >= 11 is 2.19. The van der Waals surface area contributed by atoms with Crippen molar-refractivity contribution in [3.05, 3.63) is 21.5 Å². The number of carbonyl (C=O) groups is 2. The molecule has 0 radical (unpaired) electrons. The van der Waals surface area contributed by atoms with E-state index in [1.54, 1.807) is 7.11 Å². The Morgan fingerprint density at radius 3 is 2.48 bits per heavy atom. The maximum atomic E-state index is 12.0. The Balaban J connectivity index is 1.73. The molecule has 170 valence electrons. The van der Waals surface area contributed by atoms with E-state index in [0.29, 0.717) is 18.1 Å². The first-order chi connectivity index (χ1) is 14.6. The molecular formula is C21H29IN4O5. The zero-order chi connectivity index (χ0) is 22.8. The molecule has 1 amide bonds. The Kier molecular flexibility index (Phi) is 7.30. The number of carbonyl (C=O) groups excluding carboxylic acids is 1. The molecule has 0 unspecified atom stereocenters. The number of hydrogen-bond donors (Lipinski definition) is 3. The summed E-state index contributed by atoms with van der Waals surface area (Å²) in [5.74, 6) is -1.02. The lowest BCUT2D eigenvalue weighted by Gasteiger charge is -2.31. The molecule has 10 heteroatoms. The molecule has 2 aromatic heterocycles. The molecule has 0 spiro atoms. The van der Waals surface area contributed by atoms with E-state index < -0.39 is 17.7 Å². The van der Waals surface area contributed by atoms with E-state index in [0.717, 1.165) is 34.8 Å². The fourth-order valence-corrected chi connectivity index (χ4v) is 4.48. The number of rotatable bonds is 6. The zero-order valence-corrected chi connectivity index (χ0v) is 20.4. The Labute approximate surface area is 195 Å². The number of nitrogens with zero attached hydrogens (tertiary/aromatic N) is 2. The van der Waals surface area contributed by atoms with Crippen LogP contribution in [0.25, 0.3) is 11.0 Å². The van der Waals surface area contributed by atoms with Crippen LogP contribution in [0, 0.1) is 3.70 Å². The number of hydrogen-bond acceptors (Lipinski definition) is 6. The molecule has 3 N–H and O–H groups in total. The minimum atomic E-state index is -1.02. The number of aromatic nitrogens is 2. The van der Waals surface area contributed by atoms with Crippen molar-refractivity contribution in [2.24, 2.45) is 0 Å². The number of fused-ring (bicyclic) bond motifs is 1. The highest BCUT2D eigenvalue weighted by atomic mass is 127. The molecule has 1 fully saturated rings. The summed E-state index contributed by atoms with van der Waals surface area (Å²) < 4.78 is 13.4. The summed E-state index contributed by atoms with van der Waals surface area (Å²) in [5.41, 5.74) is 0.875. The van der Waals surface area contributed by atoms with Crippen LogP contribution in [0.15, 0.2) is 12.3 Å². The lowest BCUT2D eigenvalue weighted by molar-refractivity contribution is 0.0491. The van der Waals surface area contributed by atoms with Gasteiger partial charge in [0.05, 0.1) is 9.39 Å². The van der Waals surface area contributed by atoms with Crippen molar-refractivity contribution in [1.82, 2.24) is 14.9 Å². The Bertz CT molecular complexity index is 961. The van der Waals surface area contributed by atoms with Crippen LogP contribution in [0.4, 0.5) is 10.5 Å². The van der Waals surface area contributed by atoms with Gasteiger partial charge in [-0.05, 0) is 75.1 Å². The quantitative estimate of drug-likeness (QED) is 0.468. The highest BCUT2D eigenvalue weighted by Crippen LogP contribution is 2.32. The molecule has 2 aromatic rings. The van der Waals surface area contributed by atoms with Crippen molar-refractivity contribution in [2.75, 3.05) is 12.4 Å². The van der Waals surface area contributed by atoms with E-state index >= 15 is 0 Å². The van der Waals surface area contributed by atoms with E-state index in [9.17, 15) is 14.7 Å². The topological polar surface area (TPSA) is 115 Å². The fraction of sp³-hybridized carbons (Fsp3) is 0.571. The summed E-state index contributed by atoms with van der Waals surface area (Å²) in [6.45, 7) is 5.85. The summed E-state index contributed by atoms with van der Waals surface area (Å²) in [7, 11) is 1.61. The third kappa shape index (κ3) is 5.79. The molecule has 1 aliphatic carbocycles. The first kappa shape index (κ1) is 23.6. The van der Waals surface area contributed by atoms with Gasteiger partial charge in [0, 0.05) is 30.8 Å². The number of nitrogens with one attached hydrogen (secondary N) is 2. The normalized spacial score (nSPS) is 19.3. The van der Waals surface area contributed by atoms with Crippen LogP contribution in [-0.2, 0) is 16.2 Å².